The summed E-state index contributed by atoms with van der Waals surface area (Å²) in [4.78, 5) is 14.6. The molecule has 120 valence electrons. The molecule has 3 atom stereocenters. The molecule has 0 bridgehead atoms. The largest absolute Gasteiger partial charge is 0.469 e. The van der Waals surface area contributed by atoms with Crippen molar-refractivity contribution in [2.24, 2.45) is 5.92 Å². The summed E-state index contributed by atoms with van der Waals surface area (Å²) in [5, 5.41) is 0.705. The van der Waals surface area contributed by atoms with Crippen LogP contribution in [-0.2, 0) is 9.53 Å². The molecule has 0 spiro atoms. The highest BCUT2D eigenvalue weighted by Gasteiger charge is 2.48. The Morgan fingerprint density at radius 3 is 2.78 bits per heavy atom. The molecule has 2 fully saturated rings. The van der Waals surface area contributed by atoms with Crippen LogP contribution in [0.4, 0.5) is 0 Å². The number of hydrogen-bond donors (Lipinski definition) is 0. The molecule has 2 heterocycles. The van der Waals surface area contributed by atoms with Gasteiger partial charge in [0.2, 0.25) is 5.91 Å². The Hall–Kier alpha value is -1.78. The highest BCUT2D eigenvalue weighted by atomic mass is 35.5. The number of carbonyl (C=O) groups excluding carboxylic acids is 1. The predicted octanol–water partition coefficient (Wildman–Crippen LogP) is 3.64. The van der Waals surface area contributed by atoms with Crippen molar-refractivity contribution >= 4 is 17.5 Å². The van der Waals surface area contributed by atoms with Gasteiger partial charge in [0.15, 0.2) is 0 Å². The molecule has 1 saturated carbocycles. The lowest BCUT2D eigenvalue weighted by Gasteiger charge is -2.33. The van der Waals surface area contributed by atoms with E-state index in [-0.39, 0.29) is 23.8 Å². The van der Waals surface area contributed by atoms with Crippen LogP contribution in [0.2, 0.25) is 5.02 Å². The Labute approximate surface area is 140 Å². The number of furan rings is 1. The molecule has 5 heteroatoms. The summed E-state index contributed by atoms with van der Waals surface area (Å²) in [5.41, 5.74) is 1.06. The van der Waals surface area contributed by atoms with E-state index in [0.717, 1.165) is 17.7 Å². The van der Waals surface area contributed by atoms with Crippen molar-refractivity contribution in [1.82, 2.24) is 4.90 Å². The lowest BCUT2D eigenvalue weighted by molar-refractivity contribution is -0.140. The van der Waals surface area contributed by atoms with Crippen LogP contribution in [0.25, 0.3) is 0 Å². The third-order valence-corrected chi connectivity index (χ3v) is 4.89. The first-order valence-corrected chi connectivity index (χ1v) is 8.29. The van der Waals surface area contributed by atoms with Crippen LogP contribution in [0.3, 0.4) is 0 Å². The number of amides is 1. The van der Waals surface area contributed by atoms with Crippen LogP contribution >= 0.6 is 11.6 Å². The van der Waals surface area contributed by atoms with Gasteiger partial charge in [-0.1, -0.05) is 23.7 Å². The molecule has 2 aliphatic rings. The van der Waals surface area contributed by atoms with Gasteiger partial charge in [-0.2, -0.15) is 0 Å². The Morgan fingerprint density at radius 2 is 2.04 bits per heavy atom. The summed E-state index contributed by atoms with van der Waals surface area (Å²) in [7, 11) is 0. The quantitative estimate of drug-likeness (QED) is 0.862. The number of carbonyl (C=O) groups is 1. The first kappa shape index (κ1) is 14.8. The number of halogens is 1. The van der Waals surface area contributed by atoms with E-state index in [2.05, 4.69) is 0 Å². The molecular weight excluding hydrogens is 314 g/mol. The van der Waals surface area contributed by atoms with Crippen LogP contribution < -0.4 is 0 Å². The molecule has 1 aromatic carbocycles. The minimum atomic E-state index is -0.0780. The van der Waals surface area contributed by atoms with Gasteiger partial charge in [0.25, 0.3) is 0 Å². The SMILES string of the molecule is O=C([C@@H]1C[C@@H]1c1ccco1)N1CCO[C@@H](c2ccc(Cl)cc2)C1. The molecule has 1 amide bonds. The first-order valence-electron chi connectivity index (χ1n) is 7.91. The van der Waals surface area contributed by atoms with Crippen molar-refractivity contribution in [3.63, 3.8) is 0 Å². The van der Waals surface area contributed by atoms with Crippen molar-refractivity contribution < 1.29 is 13.9 Å². The van der Waals surface area contributed by atoms with Crippen molar-refractivity contribution in [2.75, 3.05) is 19.7 Å². The van der Waals surface area contributed by atoms with Gasteiger partial charge in [0, 0.05) is 23.4 Å². The van der Waals surface area contributed by atoms with Gasteiger partial charge < -0.3 is 14.1 Å². The maximum absolute atomic E-state index is 12.7. The molecular formula is C18H18ClNO3. The number of benzene rings is 1. The third kappa shape index (κ3) is 3.01. The highest BCUT2D eigenvalue weighted by Crippen LogP contribution is 2.48. The summed E-state index contributed by atoms with van der Waals surface area (Å²) in [5.74, 6) is 1.44. The molecule has 1 aliphatic carbocycles. The summed E-state index contributed by atoms with van der Waals surface area (Å²) in [6.45, 7) is 1.82. The third-order valence-electron chi connectivity index (χ3n) is 4.64. The molecule has 0 unspecified atom stereocenters. The fraction of sp³-hybridized carbons (Fsp3) is 0.389. The Kier molecular flexibility index (Phi) is 3.87. The van der Waals surface area contributed by atoms with E-state index in [4.69, 9.17) is 20.8 Å². The lowest BCUT2D eigenvalue weighted by Crippen LogP contribution is -2.43. The van der Waals surface area contributed by atoms with Crippen LogP contribution in [0.1, 0.15) is 29.8 Å². The van der Waals surface area contributed by atoms with E-state index in [1.807, 2.05) is 41.3 Å². The molecule has 1 aromatic heterocycles. The Balaban J connectivity index is 1.41. The second-order valence-corrected chi connectivity index (χ2v) is 6.60. The standard InChI is InChI=1S/C18H18ClNO3/c19-13-5-3-12(4-6-13)17-11-20(7-9-23-17)18(21)15-10-14(15)16-2-1-8-22-16/h1-6,8,14-15,17H,7,9-11H2/t14-,15+,17+/m0/s1. The molecule has 0 N–H and O–H groups in total. The first-order chi connectivity index (χ1) is 11.2. The van der Waals surface area contributed by atoms with Crippen molar-refractivity contribution in [1.29, 1.82) is 0 Å². The fourth-order valence-electron chi connectivity index (χ4n) is 3.25. The summed E-state index contributed by atoms with van der Waals surface area (Å²) in [6.07, 6.45) is 2.47. The number of ether oxygens (including phenoxy) is 1. The minimum Gasteiger partial charge on any atom is -0.469 e. The fourth-order valence-corrected chi connectivity index (χ4v) is 3.37. The van der Waals surface area contributed by atoms with Crippen molar-refractivity contribution in [3.05, 3.63) is 59.0 Å². The van der Waals surface area contributed by atoms with Gasteiger partial charge in [0.1, 0.15) is 11.9 Å². The van der Waals surface area contributed by atoms with E-state index in [0.29, 0.717) is 24.7 Å². The number of nitrogens with zero attached hydrogens (tertiary/aromatic N) is 1. The van der Waals surface area contributed by atoms with Gasteiger partial charge in [-0.3, -0.25) is 4.79 Å². The molecule has 23 heavy (non-hydrogen) atoms. The van der Waals surface area contributed by atoms with Gasteiger partial charge >= 0.3 is 0 Å². The zero-order valence-electron chi connectivity index (χ0n) is 12.7. The molecule has 4 rings (SSSR count). The van der Waals surface area contributed by atoms with E-state index in [9.17, 15) is 4.79 Å². The normalized spacial score (nSPS) is 27.0. The average molecular weight is 332 g/mol. The van der Waals surface area contributed by atoms with Crippen molar-refractivity contribution in [3.8, 4) is 0 Å². The van der Waals surface area contributed by atoms with Gasteiger partial charge in [-0.15, -0.1) is 0 Å². The van der Waals surface area contributed by atoms with E-state index in [1.54, 1.807) is 6.26 Å². The van der Waals surface area contributed by atoms with Crippen LogP contribution in [0.5, 0.6) is 0 Å². The van der Waals surface area contributed by atoms with Gasteiger partial charge in [-0.05, 0) is 36.2 Å². The second kappa shape index (κ2) is 6.02. The number of morpholine rings is 1. The monoisotopic (exact) mass is 331 g/mol. The molecule has 4 nitrogen and oxygen atoms in total. The predicted molar refractivity (Wildman–Crippen MR) is 86.3 cm³/mol. The maximum atomic E-state index is 12.7. The van der Waals surface area contributed by atoms with E-state index in [1.165, 1.54) is 0 Å². The number of rotatable bonds is 3. The molecule has 1 saturated heterocycles. The van der Waals surface area contributed by atoms with Crippen LogP contribution in [0.15, 0.2) is 47.1 Å². The van der Waals surface area contributed by atoms with Crippen LogP contribution in [-0.4, -0.2) is 30.5 Å². The smallest absolute Gasteiger partial charge is 0.226 e. The van der Waals surface area contributed by atoms with Crippen molar-refractivity contribution in [2.45, 2.75) is 18.4 Å². The van der Waals surface area contributed by atoms with E-state index < -0.39 is 0 Å². The highest BCUT2D eigenvalue weighted by molar-refractivity contribution is 6.30. The summed E-state index contributed by atoms with van der Waals surface area (Å²) < 4.78 is 11.2. The maximum Gasteiger partial charge on any atom is 0.226 e. The van der Waals surface area contributed by atoms with Gasteiger partial charge in [-0.25, -0.2) is 0 Å². The minimum absolute atomic E-state index is 0.0603. The number of hydrogen-bond acceptors (Lipinski definition) is 3. The molecule has 0 radical (unpaired) electrons. The lowest BCUT2D eigenvalue weighted by atomic mass is 10.1. The Morgan fingerprint density at radius 1 is 1.22 bits per heavy atom. The van der Waals surface area contributed by atoms with Gasteiger partial charge in [0.05, 0.1) is 19.4 Å². The van der Waals surface area contributed by atoms with Crippen LogP contribution in [0, 0.1) is 5.92 Å². The topological polar surface area (TPSA) is 42.7 Å². The zero-order valence-corrected chi connectivity index (χ0v) is 13.4. The Bertz CT molecular complexity index is 683. The summed E-state index contributed by atoms with van der Waals surface area (Å²) in [6, 6.07) is 11.5. The molecule has 2 aromatic rings. The second-order valence-electron chi connectivity index (χ2n) is 6.16. The molecule has 1 aliphatic heterocycles. The van der Waals surface area contributed by atoms with E-state index >= 15 is 0 Å². The zero-order chi connectivity index (χ0) is 15.8. The average Bonchev–Trinajstić information content (AvgIpc) is 3.20. The summed E-state index contributed by atoms with van der Waals surface area (Å²) >= 11 is 5.93.